The summed E-state index contributed by atoms with van der Waals surface area (Å²) in [5, 5.41) is 12.0. The summed E-state index contributed by atoms with van der Waals surface area (Å²) in [5.74, 6) is 0. The first-order valence-electron chi connectivity index (χ1n) is 9.64. The number of aliphatic hydroxyl groups is 1. The third-order valence-electron chi connectivity index (χ3n) is 5.45. The van der Waals surface area contributed by atoms with Gasteiger partial charge in [0.25, 0.3) is 0 Å². The molecule has 140 valence electrons. The molecule has 1 aliphatic rings. The molecule has 4 heteroatoms. The van der Waals surface area contributed by atoms with Crippen molar-refractivity contribution in [3.63, 3.8) is 0 Å². The number of hydrogen-bond donors (Lipinski definition) is 1. The summed E-state index contributed by atoms with van der Waals surface area (Å²) in [6.07, 6.45) is 3.12. The molecule has 0 spiro atoms. The summed E-state index contributed by atoms with van der Waals surface area (Å²) in [6, 6.07) is 19.5. The van der Waals surface area contributed by atoms with Crippen LogP contribution >= 0.6 is 0 Å². The van der Waals surface area contributed by atoms with Gasteiger partial charge in [0.15, 0.2) is 0 Å². The van der Waals surface area contributed by atoms with Crippen LogP contribution in [-0.2, 0) is 4.74 Å². The molecule has 0 saturated carbocycles. The zero-order chi connectivity index (χ0) is 18.6. The van der Waals surface area contributed by atoms with Gasteiger partial charge in [0, 0.05) is 0 Å². The van der Waals surface area contributed by atoms with Gasteiger partial charge >= 0.3 is 165 Å². The zero-order valence-corrected chi connectivity index (χ0v) is 18.7. The summed E-state index contributed by atoms with van der Waals surface area (Å²) >= 11 is 0.285. The minimum atomic E-state index is -1.70. The fourth-order valence-electron chi connectivity index (χ4n) is 3.78. The molecule has 1 fully saturated rings. The van der Waals surface area contributed by atoms with Crippen molar-refractivity contribution in [2.75, 3.05) is 6.61 Å². The SMILES string of the molecule is CC[C@H](O)c1ccccc1[Se]C(C1CCCO1)[Si](C)(C)c1ccccc1. The molecule has 1 N–H and O–H groups in total. The van der Waals surface area contributed by atoms with Gasteiger partial charge in [-0.1, -0.05) is 0 Å². The van der Waals surface area contributed by atoms with Crippen LogP contribution < -0.4 is 9.65 Å². The van der Waals surface area contributed by atoms with E-state index in [-0.39, 0.29) is 21.1 Å². The molecular weight excluding hydrogens is 403 g/mol. The Morgan fingerprint density at radius 3 is 2.46 bits per heavy atom. The van der Waals surface area contributed by atoms with Crippen molar-refractivity contribution in [1.29, 1.82) is 0 Å². The first-order chi connectivity index (χ1) is 12.5. The van der Waals surface area contributed by atoms with Gasteiger partial charge in [0.1, 0.15) is 0 Å². The Balaban J connectivity index is 1.96. The normalized spacial score (nSPS) is 20.1. The second kappa shape index (κ2) is 8.86. The Bertz CT molecular complexity index is 698. The molecule has 1 heterocycles. The molecule has 1 aliphatic heterocycles. The average molecular weight is 434 g/mol. The van der Waals surface area contributed by atoms with Crippen molar-refractivity contribution in [2.45, 2.75) is 55.9 Å². The van der Waals surface area contributed by atoms with E-state index in [1.165, 1.54) is 22.5 Å². The number of benzene rings is 2. The van der Waals surface area contributed by atoms with Crippen molar-refractivity contribution < 1.29 is 9.84 Å². The van der Waals surface area contributed by atoms with E-state index in [9.17, 15) is 5.11 Å². The second-order valence-corrected chi connectivity index (χ2v) is 15.7. The van der Waals surface area contributed by atoms with Gasteiger partial charge in [-0.05, 0) is 0 Å². The molecule has 2 aromatic carbocycles. The van der Waals surface area contributed by atoms with Gasteiger partial charge in [0.2, 0.25) is 0 Å². The molecule has 2 unspecified atom stereocenters. The fourth-order valence-corrected chi connectivity index (χ4v) is 12.4. The fraction of sp³-hybridized carbons (Fsp3) is 0.455. The average Bonchev–Trinajstić information content (AvgIpc) is 3.20. The van der Waals surface area contributed by atoms with Crippen molar-refractivity contribution in [2.24, 2.45) is 0 Å². The molecule has 0 amide bonds. The van der Waals surface area contributed by atoms with Crippen molar-refractivity contribution in [3.8, 4) is 0 Å². The van der Waals surface area contributed by atoms with E-state index in [1.54, 1.807) is 0 Å². The molecule has 3 rings (SSSR count). The summed E-state index contributed by atoms with van der Waals surface area (Å²) in [5.41, 5.74) is 1.12. The maximum atomic E-state index is 10.5. The number of ether oxygens (including phenoxy) is 1. The Labute approximate surface area is 165 Å². The second-order valence-electron chi connectivity index (χ2n) is 7.64. The van der Waals surface area contributed by atoms with Crippen LogP contribution in [0.3, 0.4) is 0 Å². The summed E-state index contributed by atoms with van der Waals surface area (Å²) in [7, 11) is -1.70. The zero-order valence-electron chi connectivity index (χ0n) is 16.0. The van der Waals surface area contributed by atoms with Crippen LogP contribution in [0.15, 0.2) is 54.6 Å². The van der Waals surface area contributed by atoms with Crippen LogP contribution in [0.5, 0.6) is 0 Å². The van der Waals surface area contributed by atoms with Crippen LogP contribution in [0.1, 0.15) is 37.9 Å². The first-order valence-corrected chi connectivity index (χ1v) is 14.6. The third kappa shape index (κ3) is 4.32. The Morgan fingerprint density at radius 2 is 1.81 bits per heavy atom. The van der Waals surface area contributed by atoms with E-state index >= 15 is 0 Å². The number of aliphatic hydroxyl groups excluding tert-OH is 1. The first kappa shape index (κ1) is 19.8. The van der Waals surface area contributed by atoms with Crippen LogP contribution in [0.4, 0.5) is 0 Å². The van der Waals surface area contributed by atoms with E-state index < -0.39 is 8.07 Å². The topological polar surface area (TPSA) is 29.5 Å². The van der Waals surface area contributed by atoms with Gasteiger partial charge in [-0.15, -0.1) is 0 Å². The molecule has 0 radical (unpaired) electrons. The van der Waals surface area contributed by atoms with E-state index in [0.717, 1.165) is 18.6 Å². The number of hydrogen-bond acceptors (Lipinski definition) is 2. The summed E-state index contributed by atoms with van der Waals surface area (Å²) < 4.78 is 8.14. The predicted octanol–water partition coefficient (Wildman–Crippen LogP) is 3.58. The van der Waals surface area contributed by atoms with Gasteiger partial charge in [-0.25, -0.2) is 0 Å². The minimum absolute atomic E-state index is 0.285. The number of rotatable bonds is 7. The quantitative estimate of drug-likeness (QED) is 0.677. The van der Waals surface area contributed by atoms with Crippen LogP contribution in [0, 0.1) is 0 Å². The molecule has 3 atom stereocenters. The van der Waals surface area contributed by atoms with Gasteiger partial charge < -0.3 is 0 Å². The molecule has 1 saturated heterocycles. The monoisotopic (exact) mass is 434 g/mol. The predicted molar refractivity (Wildman–Crippen MR) is 113 cm³/mol. The van der Waals surface area contributed by atoms with Gasteiger partial charge in [0.05, 0.1) is 0 Å². The molecule has 2 aromatic rings. The van der Waals surface area contributed by atoms with Crippen molar-refractivity contribution in [3.05, 3.63) is 60.2 Å². The van der Waals surface area contributed by atoms with E-state index in [1.807, 2.05) is 0 Å². The van der Waals surface area contributed by atoms with Gasteiger partial charge in [-0.2, -0.15) is 0 Å². The van der Waals surface area contributed by atoms with Crippen LogP contribution in [0.25, 0.3) is 0 Å². The molecule has 0 aromatic heterocycles. The molecule has 0 bridgehead atoms. The molecule has 2 nitrogen and oxygen atoms in total. The molecule has 26 heavy (non-hydrogen) atoms. The van der Waals surface area contributed by atoms with Crippen molar-refractivity contribution >= 4 is 32.7 Å². The molecule has 0 aliphatic carbocycles. The maximum absolute atomic E-state index is 10.5. The van der Waals surface area contributed by atoms with E-state index in [0.29, 0.717) is 10.5 Å². The molecular formula is C22H30O2SeSi. The van der Waals surface area contributed by atoms with Crippen LogP contribution in [0.2, 0.25) is 17.5 Å². The summed E-state index contributed by atoms with van der Waals surface area (Å²) in [6.45, 7) is 7.94. The Kier molecular flexibility index (Phi) is 6.76. The summed E-state index contributed by atoms with van der Waals surface area (Å²) in [4.78, 5) is 0. The Morgan fingerprint density at radius 1 is 1.12 bits per heavy atom. The third-order valence-corrected chi connectivity index (χ3v) is 15.9. The standard InChI is InChI=1S/C22H30O2SeSi/c1-4-19(23)18-13-8-9-15-21(18)25-22(20-14-10-16-24-20)26(2,3)17-11-6-5-7-12-17/h5-9,11-13,15,19-20,22-23H,4,10,14,16H2,1-3H3/t19-,20?,22?/m0/s1. The van der Waals surface area contributed by atoms with Crippen molar-refractivity contribution in [1.82, 2.24) is 0 Å². The van der Waals surface area contributed by atoms with E-state index in [4.69, 9.17) is 4.74 Å². The van der Waals surface area contributed by atoms with E-state index in [2.05, 4.69) is 74.6 Å². The van der Waals surface area contributed by atoms with Crippen LogP contribution in [-0.4, -0.2) is 40.8 Å². The van der Waals surface area contributed by atoms with Gasteiger partial charge in [-0.3, -0.25) is 0 Å². The Hall–Kier alpha value is -0.904.